The fraction of sp³-hybridized carbons (Fsp3) is 0.0952. The summed E-state index contributed by atoms with van der Waals surface area (Å²) in [5.41, 5.74) is 1.29. The van der Waals surface area contributed by atoms with Crippen LogP contribution in [0.25, 0.3) is 0 Å². The van der Waals surface area contributed by atoms with Gasteiger partial charge in [-0.25, -0.2) is 12.8 Å². The van der Waals surface area contributed by atoms with Crippen molar-refractivity contribution in [2.45, 2.75) is 6.54 Å². The van der Waals surface area contributed by atoms with Gasteiger partial charge in [0.2, 0.25) is 5.78 Å². The molecule has 2 heterocycles. The number of anilines is 2. The summed E-state index contributed by atoms with van der Waals surface area (Å²) in [4.78, 5) is 12.9. The smallest absolute Gasteiger partial charge is 0.270 e. The molecule has 1 N–H and O–H groups in total. The first kappa shape index (κ1) is 20.1. The van der Waals surface area contributed by atoms with Gasteiger partial charge >= 0.3 is 0 Å². The molecule has 0 fully saturated rings. The quantitative estimate of drug-likeness (QED) is 0.591. The Labute approximate surface area is 177 Å². The first-order valence-corrected chi connectivity index (χ1v) is 11.2. The van der Waals surface area contributed by atoms with Crippen LogP contribution in [0.1, 0.15) is 15.2 Å². The van der Waals surface area contributed by atoms with E-state index in [4.69, 9.17) is 4.74 Å². The third kappa shape index (κ3) is 3.57. The Balaban J connectivity index is 1.76. The first-order valence-electron chi connectivity index (χ1n) is 8.91. The van der Waals surface area contributed by atoms with Crippen LogP contribution in [-0.4, -0.2) is 21.3 Å². The van der Waals surface area contributed by atoms with Crippen molar-refractivity contribution in [2.75, 3.05) is 16.7 Å². The van der Waals surface area contributed by atoms with Crippen molar-refractivity contribution in [2.24, 2.45) is 0 Å². The van der Waals surface area contributed by atoms with E-state index >= 15 is 0 Å². The standard InChI is InChI=1S/C21H17FN2O4S2/c1-28-18-8-3-2-7-16(18)23-12-19-20(25)21-17(9-10-29-21)24(30(19,26)27)13-14-5-4-6-15(22)11-14/h2-12,23H,13H2,1H3. The van der Waals surface area contributed by atoms with E-state index in [9.17, 15) is 17.6 Å². The number of Topliss-reactive ketones (excluding diaryl/α,β-unsaturated/α-hetero) is 1. The number of hydrogen-bond donors (Lipinski definition) is 1. The summed E-state index contributed by atoms with van der Waals surface area (Å²) in [6, 6.07) is 14.2. The summed E-state index contributed by atoms with van der Waals surface area (Å²) in [6.45, 7) is -0.0941. The van der Waals surface area contributed by atoms with Crippen molar-refractivity contribution in [1.82, 2.24) is 0 Å². The minimum Gasteiger partial charge on any atom is -0.495 e. The predicted molar refractivity (Wildman–Crippen MR) is 115 cm³/mol. The molecule has 0 saturated heterocycles. The summed E-state index contributed by atoms with van der Waals surface area (Å²) in [7, 11) is -2.68. The molecule has 1 aliphatic heterocycles. The topological polar surface area (TPSA) is 75.7 Å². The largest absolute Gasteiger partial charge is 0.495 e. The van der Waals surface area contributed by atoms with Crippen LogP contribution in [0.4, 0.5) is 15.8 Å². The highest BCUT2D eigenvalue weighted by Crippen LogP contribution is 2.39. The minimum absolute atomic E-state index is 0.0941. The number of hydrogen-bond acceptors (Lipinski definition) is 6. The number of rotatable bonds is 5. The number of sulfonamides is 1. The average Bonchev–Trinajstić information content (AvgIpc) is 3.21. The second-order valence-electron chi connectivity index (χ2n) is 6.46. The molecule has 4 rings (SSSR count). The number of nitrogens with zero attached hydrogens (tertiary/aromatic N) is 1. The Bertz CT molecular complexity index is 1250. The highest BCUT2D eigenvalue weighted by atomic mass is 32.2. The molecule has 6 nitrogen and oxygen atoms in total. The number of benzene rings is 2. The molecule has 0 unspecified atom stereocenters. The molecule has 154 valence electrons. The number of fused-ring (bicyclic) bond motifs is 1. The van der Waals surface area contributed by atoms with Gasteiger partial charge in [0.25, 0.3) is 10.0 Å². The van der Waals surface area contributed by atoms with Gasteiger partial charge in [-0.3, -0.25) is 9.10 Å². The molecule has 3 aromatic rings. The molecule has 1 aliphatic rings. The summed E-state index contributed by atoms with van der Waals surface area (Å²) < 4.78 is 46.6. The van der Waals surface area contributed by atoms with Gasteiger partial charge in [-0.15, -0.1) is 11.3 Å². The van der Waals surface area contributed by atoms with E-state index in [-0.39, 0.29) is 11.4 Å². The Morgan fingerprint density at radius 2 is 1.97 bits per heavy atom. The molecule has 0 atom stereocenters. The van der Waals surface area contributed by atoms with Gasteiger partial charge in [0, 0.05) is 6.20 Å². The highest BCUT2D eigenvalue weighted by Gasteiger charge is 2.41. The molecule has 9 heteroatoms. The number of allylic oxidation sites excluding steroid dienone is 1. The lowest BCUT2D eigenvalue weighted by Crippen LogP contribution is -2.38. The van der Waals surface area contributed by atoms with Gasteiger partial charge in [-0.2, -0.15) is 0 Å². The predicted octanol–water partition coefficient (Wildman–Crippen LogP) is 4.38. The van der Waals surface area contributed by atoms with E-state index in [1.54, 1.807) is 41.8 Å². The van der Waals surface area contributed by atoms with E-state index in [0.717, 1.165) is 15.6 Å². The summed E-state index contributed by atoms with van der Waals surface area (Å²) in [5.74, 6) is -0.543. The van der Waals surface area contributed by atoms with Crippen LogP contribution in [-0.2, 0) is 16.6 Å². The lowest BCUT2D eigenvalue weighted by Gasteiger charge is -2.29. The van der Waals surface area contributed by atoms with Crippen molar-refractivity contribution in [3.8, 4) is 5.75 Å². The van der Waals surface area contributed by atoms with Gasteiger partial charge in [0.05, 0.1) is 25.0 Å². The number of ether oxygens (including phenoxy) is 1. The van der Waals surface area contributed by atoms with Crippen LogP contribution in [0.5, 0.6) is 5.75 Å². The zero-order valence-electron chi connectivity index (χ0n) is 15.8. The molecule has 2 aromatic carbocycles. The SMILES string of the molecule is COc1ccccc1NC=C1C(=O)c2sccc2N(Cc2cccc(F)c2)S1(=O)=O. The maximum atomic E-state index is 13.6. The van der Waals surface area contributed by atoms with Crippen LogP contribution in [0.15, 0.2) is 71.1 Å². The number of thiophene rings is 1. The molecule has 0 radical (unpaired) electrons. The van der Waals surface area contributed by atoms with Crippen LogP contribution in [0, 0.1) is 5.82 Å². The molecule has 1 aromatic heterocycles. The third-order valence-corrected chi connectivity index (χ3v) is 7.26. The Morgan fingerprint density at radius 3 is 2.73 bits per heavy atom. The summed E-state index contributed by atoms with van der Waals surface area (Å²) in [6.07, 6.45) is 1.18. The van der Waals surface area contributed by atoms with Crippen molar-refractivity contribution in [3.63, 3.8) is 0 Å². The zero-order chi connectivity index (χ0) is 21.3. The molecule has 0 amide bonds. The van der Waals surface area contributed by atoms with Gasteiger partial charge in [-0.05, 0) is 41.3 Å². The lowest BCUT2D eigenvalue weighted by atomic mass is 10.2. The number of carbonyl (C=O) groups excluding carboxylic acids is 1. The number of ketones is 1. The Morgan fingerprint density at radius 1 is 1.17 bits per heavy atom. The van der Waals surface area contributed by atoms with E-state index < -0.39 is 21.6 Å². The Hall–Kier alpha value is -3.17. The molecule has 0 saturated carbocycles. The minimum atomic E-state index is -4.17. The number of para-hydroxylation sites is 2. The number of halogens is 1. The van der Waals surface area contributed by atoms with Crippen molar-refractivity contribution >= 4 is 38.5 Å². The number of nitrogens with one attached hydrogen (secondary N) is 1. The first-order chi connectivity index (χ1) is 14.4. The van der Waals surface area contributed by atoms with Gasteiger partial charge in [0.15, 0.2) is 4.91 Å². The summed E-state index contributed by atoms with van der Waals surface area (Å²) >= 11 is 1.16. The second kappa shape index (κ2) is 7.92. The zero-order valence-corrected chi connectivity index (χ0v) is 17.5. The van der Waals surface area contributed by atoms with Gasteiger partial charge < -0.3 is 10.1 Å². The fourth-order valence-corrected chi connectivity index (χ4v) is 5.65. The normalized spacial score (nSPS) is 16.4. The van der Waals surface area contributed by atoms with E-state index in [0.29, 0.717) is 27.6 Å². The maximum Gasteiger partial charge on any atom is 0.270 e. The molecule has 30 heavy (non-hydrogen) atoms. The third-order valence-electron chi connectivity index (χ3n) is 4.59. The van der Waals surface area contributed by atoms with Crippen molar-refractivity contribution in [3.05, 3.63) is 87.3 Å². The maximum absolute atomic E-state index is 13.6. The molecule has 0 aliphatic carbocycles. The average molecular weight is 445 g/mol. The van der Waals surface area contributed by atoms with Crippen LogP contribution in [0.3, 0.4) is 0 Å². The summed E-state index contributed by atoms with van der Waals surface area (Å²) in [5, 5.41) is 4.53. The fourth-order valence-electron chi connectivity index (χ4n) is 3.16. The van der Waals surface area contributed by atoms with Crippen LogP contribution in [0.2, 0.25) is 0 Å². The molecule has 0 bridgehead atoms. The molecular formula is C21H17FN2O4S2. The van der Waals surface area contributed by atoms with Crippen LogP contribution >= 0.6 is 11.3 Å². The van der Waals surface area contributed by atoms with Crippen molar-refractivity contribution in [1.29, 1.82) is 0 Å². The Kier molecular flexibility index (Phi) is 5.31. The van der Waals surface area contributed by atoms with Crippen molar-refractivity contribution < 1.29 is 22.3 Å². The van der Waals surface area contributed by atoms with E-state index in [1.807, 2.05) is 0 Å². The van der Waals surface area contributed by atoms with E-state index in [2.05, 4.69) is 5.32 Å². The van der Waals surface area contributed by atoms with Gasteiger partial charge in [-0.1, -0.05) is 24.3 Å². The number of carbonyl (C=O) groups is 1. The molecule has 0 spiro atoms. The van der Waals surface area contributed by atoms with Crippen LogP contribution < -0.4 is 14.4 Å². The highest BCUT2D eigenvalue weighted by molar-refractivity contribution is 7.97. The molecular weight excluding hydrogens is 427 g/mol. The second-order valence-corrected chi connectivity index (χ2v) is 9.21. The monoisotopic (exact) mass is 444 g/mol. The van der Waals surface area contributed by atoms with Gasteiger partial charge in [0.1, 0.15) is 16.4 Å². The van der Waals surface area contributed by atoms with E-state index in [1.165, 1.54) is 31.5 Å². The number of methoxy groups -OCH3 is 1. The lowest BCUT2D eigenvalue weighted by molar-refractivity contribution is 0.104.